The van der Waals surface area contributed by atoms with Crippen LogP contribution in [-0.2, 0) is 29.3 Å². The van der Waals surface area contributed by atoms with Gasteiger partial charge in [0.2, 0.25) is 0 Å². The Morgan fingerprint density at radius 3 is 2.84 bits per heavy atom. The first-order valence-electron chi connectivity index (χ1n) is 9.02. The second-order valence-electron chi connectivity index (χ2n) is 6.65. The summed E-state index contributed by atoms with van der Waals surface area (Å²) in [6.45, 7) is 6.12. The predicted molar refractivity (Wildman–Crippen MR) is 99.3 cm³/mol. The first-order chi connectivity index (χ1) is 11.9. The summed E-state index contributed by atoms with van der Waals surface area (Å²) in [5.41, 5.74) is 0. The standard InChI is InChI=1S/C16H30N6O2S/c1-4-17-16(19-13(2)9-11-25(3,23)24)18-12-15-21-20-14-8-6-5-7-10-22(14)15/h13H,4-12H2,1-3H3,(H2,17,18,19). The molecule has 1 atom stereocenters. The van der Waals surface area contributed by atoms with Crippen LogP contribution in [0.15, 0.2) is 4.99 Å². The number of rotatable bonds is 7. The first-order valence-corrected chi connectivity index (χ1v) is 11.1. The van der Waals surface area contributed by atoms with Gasteiger partial charge in [-0.15, -0.1) is 10.2 Å². The van der Waals surface area contributed by atoms with Crippen LogP contribution < -0.4 is 10.6 Å². The molecule has 0 aliphatic carbocycles. The summed E-state index contributed by atoms with van der Waals surface area (Å²) in [5, 5.41) is 15.0. The summed E-state index contributed by atoms with van der Waals surface area (Å²) in [7, 11) is -2.95. The summed E-state index contributed by atoms with van der Waals surface area (Å²) in [6.07, 6.45) is 6.34. The number of fused-ring (bicyclic) bond motifs is 1. The highest BCUT2D eigenvalue weighted by Gasteiger charge is 2.15. The lowest BCUT2D eigenvalue weighted by Crippen LogP contribution is -2.42. The average molecular weight is 371 g/mol. The molecule has 1 unspecified atom stereocenters. The molecule has 0 radical (unpaired) electrons. The Labute approximate surface area is 150 Å². The molecule has 2 heterocycles. The van der Waals surface area contributed by atoms with Crippen molar-refractivity contribution in [3.8, 4) is 0 Å². The molecule has 9 heteroatoms. The van der Waals surface area contributed by atoms with Gasteiger partial charge in [-0.3, -0.25) is 0 Å². The minimum absolute atomic E-state index is 0.0167. The van der Waals surface area contributed by atoms with Crippen LogP contribution in [0, 0.1) is 0 Å². The van der Waals surface area contributed by atoms with Crippen molar-refractivity contribution in [1.29, 1.82) is 0 Å². The molecule has 0 saturated carbocycles. The van der Waals surface area contributed by atoms with Crippen LogP contribution in [0.25, 0.3) is 0 Å². The van der Waals surface area contributed by atoms with Crippen molar-refractivity contribution in [2.75, 3.05) is 18.6 Å². The third kappa shape index (κ3) is 6.64. The molecule has 1 aliphatic rings. The zero-order valence-electron chi connectivity index (χ0n) is 15.5. The Morgan fingerprint density at radius 2 is 2.12 bits per heavy atom. The molecule has 8 nitrogen and oxygen atoms in total. The molecule has 1 aliphatic heterocycles. The Hall–Kier alpha value is -1.64. The Balaban J connectivity index is 1.98. The minimum Gasteiger partial charge on any atom is -0.357 e. The van der Waals surface area contributed by atoms with E-state index in [-0.39, 0.29) is 11.8 Å². The molecule has 25 heavy (non-hydrogen) atoms. The molecule has 0 bridgehead atoms. The van der Waals surface area contributed by atoms with Crippen molar-refractivity contribution in [2.24, 2.45) is 4.99 Å². The van der Waals surface area contributed by atoms with Gasteiger partial charge in [-0.05, 0) is 33.1 Å². The predicted octanol–water partition coefficient (Wildman–Crippen LogP) is 0.883. The van der Waals surface area contributed by atoms with Gasteiger partial charge in [-0.1, -0.05) is 6.42 Å². The summed E-state index contributed by atoms with van der Waals surface area (Å²) in [4.78, 5) is 4.60. The number of aryl methyl sites for hydroxylation is 1. The highest BCUT2D eigenvalue weighted by molar-refractivity contribution is 7.90. The summed E-state index contributed by atoms with van der Waals surface area (Å²) in [5.74, 6) is 2.78. The fraction of sp³-hybridized carbons (Fsp3) is 0.812. The highest BCUT2D eigenvalue weighted by Crippen LogP contribution is 2.14. The highest BCUT2D eigenvalue weighted by atomic mass is 32.2. The van der Waals surface area contributed by atoms with Crippen molar-refractivity contribution >= 4 is 15.8 Å². The van der Waals surface area contributed by atoms with E-state index in [9.17, 15) is 8.42 Å². The molecule has 1 aromatic rings. The van der Waals surface area contributed by atoms with Crippen LogP contribution in [0.5, 0.6) is 0 Å². The molecule has 142 valence electrons. The van der Waals surface area contributed by atoms with E-state index < -0.39 is 9.84 Å². The molecule has 0 spiro atoms. The number of hydrogen-bond donors (Lipinski definition) is 2. The number of sulfone groups is 1. The van der Waals surface area contributed by atoms with Gasteiger partial charge in [0, 0.05) is 31.8 Å². The zero-order valence-corrected chi connectivity index (χ0v) is 16.3. The van der Waals surface area contributed by atoms with Crippen LogP contribution in [-0.4, -0.2) is 53.7 Å². The molecule has 0 aromatic carbocycles. The summed E-state index contributed by atoms with van der Waals surface area (Å²) in [6, 6.07) is 0.0167. The molecule has 0 saturated heterocycles. The lowest BCUT2D eigenvalue weighted by atomic mass is 10.2. The maximum Gasteiger partial charge on any atom is 0.191 e. The number of hydrogen-bond acceptors (Lipinski definition) is 5. The van der Waals surface area contributed by atoms with Crippen molar-refractivity contribution in [1.82, 2.24) is 25.4 Å². The molecule has 0 amide bonds. The Kier molecular flexibility index (Phi) is 7.22. The van der Waals surface area contributed by atoms with Crippen LogP contribution in [0.2, 0.25) is 0 Å². The third-order valence-corrected chi connectivity index (χ3v) is 5.19. The van der Waals surface area contributed by atoms with E-state index in [1.54, 1.807) is 0 Å². The van der Waals surface area contributed by atoms with Gasteiger partial charge in [0.05, 0.1) is 5.75 Å². The summed E-state index contributed by atoms with van der Waals surface area (Å²) >= 11 is 0. The second kappa shape index (κ2) is 9.17. The molecule has 0 fully saturated rings. The molecule has 2 N–H and O–H groups in total. The molecule has 1 aromatic heterocycles. The monoisotopic (exact) mass is 370 g/mol. The van der Waals surface area contributed by atoms with Crippen LogP contribution in [0.1, 0.15) is 51.2 Å². The van der Waals surface area contributed by atoms with E-state index >= 15 is 0 Å². The van der Waals surface area contributed by atoms with Gasteiger partial charge in [0.1, 0.15) is 22.2 Å². The van der Waals surface area contributed by atoms with E-state index in [0.717, 1.165) is 37.6 Å². The number of nitrogens with one attached hydrogen (secondary N) is 2. The normalized spacial score (nSPS) is 16.8. The van der Waals surface area contributed by atoms with E-state index in [1.807, 2.05) is 13.8 Å². The Bertz CT molecular complexity index is 683. The molecule has 2 rings (SSSR count). The maximum absolute atomic E-state index is 11.3. The largest absolute Gasteiger partial charge is 0.357 e. The number of aliphatic imine (C=N–C) groups is 1. The lowest BCUT2D eigenvalue weighted by molar-refractivity contribution is 0.580. The van der Waals surface area contributed by atoms with Gasteiger partial charge < -0.3 is 15.2 Å². The Morgan fingerprint density at radius 1 is 1.32 bits per heavy atom. The quantitative estimate of drug-likeness (QED) is 0.546. The minimum atomic E-state index is -2.95. The van der Waals surface area contributed by atoms with E-state index in [1.165, 1.54) is 19.1 Å². The number of guanidine groups is 1. The average Bonchev–Trinajstić information content (AvgIpc) is 2.77. The van der Waals surface area contributed by atoms with E-state index in [2.05, 4.69) is 30.4 Å². The third-order valence-electron chi connectivity index (χ3n) is 4.21. The zero-order chi connectivity index (χ0) is 18.3. The van der Waals surface area contributed by atoms with Crippen LogP contribution in [0.4, 0.5) is 0 Å². The van der Waals surface area contributed by atoms with Crippen molar-refractivity contribution in [3.63, 3.8) is 0 Å². The smallest absolute Gasteiger partial charge is 0.191 e. The van der Waals surface area contributed by atoms with Crippen molar-refractivity contribution < 1.29 is 8.42 Å². The number of aromatic nitrogens is 3. The van der Waals surface area contributed by atoms with Gasteiger partial charge in [0.15, 0.2) is 11.8 Å². The second-order valence-corrected chi connectivity index (χ2v) is 8.91. The fourth-order valence-corrected chi connectivity index (χ4v) is 3.61. The van der Waals surface area contributed by atoms with Gasteiger partial charge in [-0.25, -0.2) is 13.4 Å². The fourth-order valence-electron chi connectivity index (χ4n) is 2.83. The van der Waals surface area contributed by atoms with E-state index in [0.29, 0.717) is 18.9 Å². The van der Waals surface area contributed by atoms with Crippen molar-refractivity contribution in [2.45, 2.75) is 65.1 Å². The first kappa shape index (κ1) is 19.7. The maximum atomic E-state index is 11.3. The topological polar surface area (TPSA) is 101 Å². The van der Waals surface area contributed by atoms with Crippen LogP contribution in [0.3, 0.4) is 0 Å². The molecular weight excluding hydrogens is 340 g/mol. The lowest BCUT2D eigenvalue weighted by Gasteiger charge is -2.17. The van der Waals surface area contributed by atoms with Crippen LogP contribution >= 0.6 is 0 Å². The van der Waals surface area contributed by atoms with Crippen molar-refractivity contribution in [3.05, 3.63) is 11.6 Å². The SMILES string of the molecule is CCNC(=NCc1nnc2n1CCCCC2)NC(C)CCS(C)(=O)=O. The van der Waals surface area contributed by atoms with Gasteiger partial charge >= 0.3 is 0 Å². The number of nitrogens with zero attached hydrogens (tertiary/aromatic N) is 4. The summed E-state index contributed by atoms with van der Waals surface area (Å²) < 4.78 is 24.8. The van der Waals surface area contributed by atoms with E-state index in [4.69, 9.17) is 0 Å². The van der Waals surface area contributed by atoms with Gasteiger partial charge in [0.25, 0.3) is 0 Å². The molecular formula is C16H30N6O2S. The van der Waals surface area contributed by atoms with Gasteiger partial charge in [-0.2, -0.15) is 0 Å².